The lowest BCUT2D eigenvalue weighted by Crippen LogP contribution is -2.39. The standard InChI is InChI=1S/C16H24N2O2/c1-12-3-5-14(6-4-12)18-16(19)11-20-15-9-7-13(17-2)8-10-15/h7-10,12,14,17H,3-6,11H2,1-2H3,(H,18,19). The molecule has 20 heavy (non-hydrogen) atoms. The van der Waals surface area contributed by atoms with Crippen LogP contribution in [0.1, 0.15) is 32.6 Å². The van der Waals surface area contributed by atoms with Crippen LogP contribution in [0.25, 0.3) is 0 Å². The normalized spacial score (nSPS) is 22.1. The molecule has 1 fully saturated rings. The summed E-state index contributed by atoms with van der Waals surface area (Å²) in [7, 11) is 1.87. The number of amides is 1. The molecule has 0 atom stereocenters. The summed E-state index contributed by atoms with van der Waals surface area (Å²) in [6.45, 7) is 2.36. The Kier molecular flexibility index (Phi) is 5.27. The first kappa shape index (κ1) is 14.7. The molecule has 0 bridgehead atoms. The van der Waals surface area contributed by atoms with Gasteiger partial charge in [0.2, 0.25) is 0 Å². The fourth-order valence-electron chi connectivity index (χ4n) is 2.54. The summed E-state index contributed by atoms with van der Waals surface area (Å²) in [4.78, 5) is 11.8. The molecule has 1 amide bonds. The number of carbonyl (C=O) groups excluding carboxylic acids is 1. The maximum Gasteiger partial charge on any atom is 0.258 e. The predicted octanol–water partition coefficient (Wildman–Crippen LogP) is 2.80. The van der Waals surface area contributed by atoms with E-state index in [0.29, 0.717) is 6.04 Å². The Balaban J connectivity index is 1.71. The minimum atomic E-state index is -0.0257. The van der Waals surface area contributed by atoms with Gasteiger partial charge in [-0.3, -0.25) is 4.79 Å². The van der Waals surface area contributed by atoms with Crippen molar-refractivity contribution in [1.82, 2.24) is 5.32 Å². The zero-order valence-corrected chi connectivity index (χ0v) is 12.3. The van der Waals surface area contributed by atoms with Gasteiger partial charge in [-0.15, -0.1) is 0 Å². The van der Waals surface area contributed by atoms with Gasteiger partial charge >= 0.3 is 0 Å². The van der Waals surface area contributed by atoms with Crippen LogP contribution in [-0.2, 0) is 4.79 Å². The van der Waals surface area contributed by atoms with Crippen molar-refractivity contribution in [3.8, 4) is 5.75 Å². The van der Waals surface area contributed by atoms with Crippen molar-refractivity contribution >= 4 is 11.6 Å². The van der Waals surface area contributed by atoms with Crippen molar-refractivity contribution in [3.63, 3.8) is 0 Å². The summed E-state index contributed by atoms with van der Waals surface area (Å²) in [5, 5.41) is 6.10. The predicted molar refractivity (Wildman–Crippen MR) is 81.0 cm³/mol. The average molecular weight is 276 g/mol. The van der Waals surface area contributed by atoms with Crippen LogP contribution < -0.4 is 15.4 Å². The van der Waals surface area contributed by atoms with E-state index < -0.39 is 0 Å². The monoisotopic (exact) mass is 276 g/mol. The molecule has 1 saturated carbocycles. The first-order valence-electron chi connectivity index (χ1n) is 7.37. The second kappa shape index (κ2) is 7.17. The third-order valence-corrected chi connectivity index (χ3v) is 3.89. The molecule has 0 aromatic heterocycles. The Bertz CT molecular complexity index is 423. The van der Waals surface area contributed by atoms with Crippen LogP contribution in [0.2, 0.25) is 0 Å². The van der Waals surface area contributed by atoms with Crippen LogP contribution in [0.4, 0.5) is 5.69 Å². The van der Waals surface area contributed by atoms with E-state index >= 15 is 0 Å². The van der Waals surface area contributed by atoms with E-state index in [9.17, 15) is 4.79 Å². The molecule has 4 nitrogen and oxygen atoms in total. The molecule has 1 aliphatic rings. The number of anilines is 1. The molecule has 1 aromatic rings. The molecule has 110 valence electrons. The Morgan fingerprint density at radius 2 is 1.85 bits per heavy atom. The number of ether oxygens (including phenoxy) is 1. The molecule has 0 unspecified atom stereocenters. The van der Waals surface area contributed by atoms with Crippen LogP contribution in [0.5, 0.6) is 5.75 Å². The van der Waals surface area contributed by atoms with Gasteiger partial charge in [-0.25, -0.2) is 0 Å². The number of benzene rings is 1. The van der Waals surface area contributed by atoms with E-state index in [2.05, 4.69) is 17.6 Å². The summed E-state index contributed by atoms with van der Waals surface area (Å²) >= 11 is 0. The number of carbonyl (C=O) groups is 1. The number of nitrogens with one attached hydrogen (secondary N) is 2. The summed E-state index contributed by atoms with van der Waals surface area (Å²) in [6, 6.07) is 7.91. The van der Waals surface area contributed by atoms with E-state index in [4.69, 9.17) is 4.74 Å². The SMILES string of the molecule is CNc1ccc(OCC(=O)NC2CCC(C)CC2)cc1. The van der Waals surface area contributed by atoms with E-state index in [0.717, 1.165) is 30.2 Å². The molecule has 0 aliphatic heterocycles. The van der Waals surface area contributed by atoms with Crippen molar-refractivity contribution in [1.29, 1.82) is 0 Å². The van der Waals surface area contributed by atoms with E-state index in [1.807, 2.05) is 31.3 Å². The summed E-state index contributed by atoms with van der Waals surface area (Å²) < 4.78 is 5.49. The molecule has 0 heterocycles. The lowest BCUT2D eigenvalue weighted by Gasteiger charge is -2.26. The second-order valence-corrected chi connectivity index (χ2v) is 5.59. The van der Waals surface area contributed by atoms with Crippen molar-refractivity contribution in [2.75, 3.05) is 19.0 Å². The Hall–Kier alpha value is -1.71. The van der Waals surface area contributed by atoms with Gasteiger partial charge in [0, 0.05) is 18.8 Å². The molecular formula is C16H24N2O2. The van der Waals surface area contributed by atoms with Gasteiger partial charge in [-0.2, -0.15) is 0 Å². The number of rotatable bonds is 5. The van der Waals surface area contributed by atoms with Gasteiger partial charge in [0.05, 0.1) is 0 Å². The molecule has 0 saturated heterocycles. The lowest BCUT2D eigenvalue weighted by molar-refractivity contribution is -0.124. The fourth-order valence-corrected chi connectivity index (χ4v) is 2.54. The highest BCUT2D eigenvalue weighted by molar-refractivity contribution is 5.77. The Morgan fingerprint density at radius 3 is 2.45 bits per heavy atom. The van der Waals surface area contributed by atoms with Crippen molar-refractivity contribution in [2.45, 2.75) is 38.6 Å². The third-order valence-electron chi connectivity index (χ3n) is 3.89. The third kappa shape index (κ3) is 4.44. The number of hydrogen-bond acceptors (Lipinski definition) is 3. The molecule has 2 rings (SSSR count). The van der Waals surface area contributed by atoms with Crippen LogP contribution >= 0.6 is 0 Å². The van der Waals surface area contributed by atoms with Crippen molar-refractivity contribution in [2.24, 2.45) is 5.92 Å². The van der Waals surface area contributed by atoms with Crippen LogP contribution in [0.15, 0.2) is 24.3 Å². The molecule has 1 aromatic carbocycles. The molecule has 0 spiro atoms. The zero-order chi connectivity index (χ0) is 14.4. The highest BCUT2D eigenvalue weighted by Crippen LogP contribution is 2.23. The maximum atomic E-state index is 11.8. The van der Waals surface area contributed by atoms with E-state index in [-0.39, 0.29) is 12.5 Å². The van der Waals surface area contributed by atoms with Crippen LogP contribution in [0, 0.1) is 5.92 Å². The highest BCUT2D eigenvalue weighted by Gasteiger charge is 2.19. The average Bonchev–Trinajstić information content (AvgIpc) is 2.48. The molecule has 0 radical (unpaired) electrons. The largest absolute Gasteiger partial charge is 0.484 e. The van der Waals surface area contributed by atoms with E-state index in [1.165, 1.54) is 12.8 Å². The minimum Gasteiger partial charge on any atom is -0.484 e. The number of hydrogen-bond donors (Lipinski definition) is 2. The minimum absolute atomic E-state index is 0.0257. The smallest absolute Gasteiger partial charge is 0.258 e. The van der Waals surface area contributed by atoms with Gasteiger partial charge in [-0.05, 0) is 55.9 Å². The Morgan fingerprint density at radius 1 is 1.20 bits per heavy atom. The topological polar surface area (TPSA) is 50.4 Å². The fraction of sp³-hybridized carbons (Fsp3) is 0.562. The zero-order valence-electron chi connectivity index (χ0n) is 12.3. The summed E-state index contributed by atoms with van der Waals surface area (Å²) in [5.41, 5.74) is 1.03. The van der Waals surface area contributed by atoms with Gasteiger partial charge < -0.3 is 15.4 Å². The molecular weight excluding hydrogens is 252 g/mol. The quantitative estimate of drug-likeness (QED) is 0.869. The Labute approximate surface area is 120 Å². The van der Waals surface area contributed by atoms with E-state index in [1.54, 1.807) is 0 Å². The van der Waals surface area contributed by atoms with Gasteiger partial charge in [0.1, 0.15) is 5.75 Å². The highest BCUT2D eigenvalue weighted by atomic mass is 16.5. The van der Waals surface area contributed by atoms with Crippen molar-refractivity contribution in [3.05, 3.63) is 24.3 Å². The molecule has 4 heteroatoms. The van der Waals surface area contributed by atoms with Gasteiger partial charge in [-0.1, -0.05) is 6.92 Å². The molecule has 2 N–H and O–H groups in total. The van der Waals surface area contributed by atoms with Crippen LogP contribution in [-0.4, -0.2) is 25.6 Å². The summed E-state index contributed by atoms with van der Waals surface area (Å²) in [6.07, 6.45) is 4.59. The lowest BCUT2D eigenvalue weighted by atomic mass is 9.87. The molecule has 1 aliphatic carbocycles. The van der Waals surface area contributed by atoms with Crippen LogP contribution in [0.3, 0.4) is 0 Å². The van der Waals surface area contributed by atoms with Gasteiger partial charge in [0.15, 0.2) is 6.61 Å². The van der Waals surface area contributed by atoms with Crippen molar-refractivity contribution < 1.29 is 9.53 Å². The first-order chi connectivity index (χ1) is 9.67. The maximum absolute atomic E-state index is 11.8. The summed E-state index contributed by atoms with van der Waals surface area (Å²) in [5.74, 6) is 1.49. The second-order valence-electron chi connectivity index (χ2n) is 5.59. The van der Waals surface area contributed by atoms with Gasteiger partial charge in [0.25, 0.3) is 5.91 Å². The first-order valence-corrected chi connectivity index (χ1v) is 7.37.